The summed E-state index contributed by atoms with van der Waals surface area (Å²) in [5, 5.41) is 0.695. The summed E-state index contributed by atoms with van der Waals surface area (Å²) in [6.07, 6.45) is 0. The Balaban J connectivity index is 1.17. The van der Waals surface area contributed by atoms with Gasteiger partial charge in [-0.05, 0) is 49.7 Å². The second-order valence-corrected chi connectivity index (χ2v) is 9.49. The summed E-state index contributed by atoms with van der Waals surface area (Å²) in [5.41, 5.74) is 6.24. The third-order valence-corrected chi connectivity index (χ3v) is 6.75. The lowest BCUT2D eigenvalue weighted by molar-refractivity contribution is -0.134. The lowest BCUT2D eigenvalue weighted by atomic mass is 10.1. The van der Waals surface area contributed by atoms with Crippen molar-refractivity contribution in [2.75, 3.05) is 37.7 Å². The van der Waals surface area contributed by atoms with Crippen molar-refractivity contribution in [2.45, 2.75) is 13.8 Å². The molecule has 1 aliphatic heterocycles. The topological polar surface area (TPSA) is 78.5 Å². The third-order valence-electron chi connectivity index (χ3n) is 6.51. The molecule has 0 bridgehead atoms. The molecule has 5 rings (SSSR count). The molecule has 1 aromatic heterocycles. The zero-order valence-corrected chi connectivity index (χ0v) is 21.0. The molecule has 1 aliphatic rings. The zero-order chi connectivity index (χ0) is 25.2. The average Bonchev–Trinajstić information content (AvgIpc) is 3.32. The molecule has 0 radical (unpaired) electrons. The van der Waals surface area contributed by atoms with Gasteiger partial charge in [-0.1, -0.05) is 47.5 Å². The Hall–Kier alpha value is -3.84. The molecule has 184 valence electrons. The Kier molecular flexibility index (Phi) is 6.65. The zero-order valence-electron chi connectivity index (χ0n) is 20.3. The Morgan fingerprint density at radius 2 is 1.72 bits per heavy atom. The highest BCUT2D eigenvalue weighted by atomic mass is 35.5. The van der Waals surface area contributed by atoms with Gasteiger partial charge in [0.05, 0.1) is 16.6 Å². The maximum absolute atomic E-state index is 12.7. The Morgan fingerprint density at radius 1 is 0.972 bits per heavy atom. The van der Waals surface area contributed by atoms with Crippen molar-refractivity contribution >= 4 is 40.2 Å². The summed E-state index contributed by atoms with van der Waals surface area (Å²) >= 11 is 6.16. The minimum absolute atomic E-state index is 0.199. The summed E-state index contributed by atoms with van der Waals surface area (Å²) in [4.78, 5) is 37.2. The van der Waals surface area contributed by atoms with Gasteiger partial charge in [0, 0.05) is 42.5 Å². The highest BCUT2D eigenvalue weighted by Crippen LogP contribution is 2.25. The number of carbonyl (C=O) groups excluding carboxylic acids is 2. The normalized spacial score (nSPS) is 13.8. The van der Waals surface area contributed by atoms with E-state index < -0.39 is 5.97 Å². The van der Waals surface area contributed by atoms with E-state index in [-0.39, 0.29) is 12.5 Å². The number of piperazine rings is 1. The fraction of sp³-hybridized carbons (Fsp3) is 0.250. The van der Waals surface area contributed by atoms with E-state index >= 15 is 0 Å². The first-order valence-electron chi connectivity index (χ1n) is 11.9. The van der Waals surface area contributed by atoms with Crippen LogP contribution in [0.15, 0.2) is 60.7 Å². The number of benzene rings is 3. The molecule has 8 heteroatoms. The molecule has 36 heavy (non-hydrogen) atoms. The number of nitrogens with one attached hydrogen (secondary N) is 1. The number of aryl methyl sites for hydroxylation is 2. The molecular weight excluding hydrogens is 476 g/mol. The molecule has 1 amide bonds. The van der Waals surface area contributed by atoms with E-state index in [4.69, 9.17) is 16.3 Å². The number of anilines is 1. The first-order chi connectivity index (χ1) is 17.4. The summed E-state index contributed by atoms with van der Waals surface area (Å²) in [6.45, 7) is 6.31. The van der Waals surface area contributed by atoms with E-state index in [1.807, 2.05) is 56.3 Å². The van der Waals surface area contributed by atoms with Gasteiger partial charge in [0.1, 0.15) is 5.82 Å². The van der Waals surface area contributed by atoms with E-state index in [0.717, 1.165) is 33.7 Å². The van der Waals surface area contributed by atoms with Crippen LogP contribution >= 0.6 is 11.6 Å². The SMILES string of the molecule is Cc1ccc(-c2nc3ccc(C(=O)OCC(=O)N4CCN(c5cc(Cl)ccc5C)CC4)cc3[nH]2)cc1. The first kappa shape index (κ1) is 23.9. The van der Waals surface area contributed by atoms with Crippen LogP contribution in [0, 0.1) is 13.8 Å². The van der Waals surface area contributed by atoms with E-state index in [0.29, 0.717) is 36.8 Å². The van der Waals surface area contributed by atoms with Gasteiger partial charge >= 0.3 is 5.97 Å². The van der Waals surface area contributed by atoms with Crippen LogP contribution in [0.25, 0.3) is 22.4 Å². The highest BCUT2D eigenvalue weighted by Gasteiger charge is 2.23. The summed E-state index contributed by atoms with van der Waals surface area (Å²) in [7, 11) is 0. The number of amides is 1. The molecule has 3 aromatic carbocycles. The van der Waals surface area contributed by atoms with Crippen LogP contribution in [0.3, 0.4) is 0 Å². The van der Waals surface area contributed by atoms with Crippen molar-refractivity contribution in [1.29, 1.82) is 0 Å². The van der Waals surface area contributed by atoms with E-state index in [1.54, 1.807) is 23.1 Å². The van der Waals surface area contributed by atoms with Crippen molar-refractivity contribution in [2.24, 2.45) is 0 Å². The number of ether oxygens (including phenoxy) is 1. The lowest BCUT2D eigenvalue weighted by Crippen LogP contribution is -2.50. The van der Waals surface area contributed by atoms with Crippen LogP contribution in [0.1, 0.15) is 21.5 Å². The second kappa shape index (κ2) is 10.0. The van der Waals surface area contributed by atoms with E-state index in [2.05, 4.69) is 14.9 Å². The van der Waals surface area contributed by atoms with Crippen LogP contribution in [-0.4, -0.2) is 59.5 Å². The van der Waals surface area contributed by atoms with Crippen LogP contribution in [0.4, 0.5) is 5.69 Å². The summed E-state index contributed by atoms with van der Waals surface area (Å²) in [5.74, 6) is -0.00202. The molecule has 1 saturated heterocycles. The van der Waals surface area contributed by atoms with Crippen LogP contribution in [-0.2, 0) is 9.53 Å². The van der Waals surface area contributed by atoms with Crippen molar-refractivity contribution in [3.63, 3.8) is 0 Å². The largest absolute Gasteiger partial charge is 0.452 e. The predicted octanol–water partition coefficient (Wildman–Crippen LogP) is 5.01. The number of hydrogen-bond donors (Lipinski definition) is 1. The number of fused-ring (bicyclic) bond motifs is 1. The molecule has 2 heterocycles. The van der Waals surface area contributed by atoms with E-state index in [9.17, 15) is 9.59 Å². The molecule has 0 saturated carbocycles. The number of imidazole rings is 1. The standard InChI is InChI=1S/C28H27ClN4O3/c1-18-3-6-20(7-4-18)27-30-23-10-8-21(15-24(23)31-27)28(35)36-17-26(34)33-13-11-32(12-14-33)25-16-22(29)9-5-19(25)2/h3-10,15-16H,11-14,17H2,1-2H3,(H,30,31). The van der Waals surface area contributed by atoms with Crippen molar-refractivity contribution in [1.82, 2.24) is 14.9 Å². The summed E-state index contributed by atoms with van der Waals surface area (Å²) < 4.78 is 5.35. The number of carbonyl (C=O) groups is 2. The van der Waals surface area contributed by atoms with Gasteiger partial charge in [-0.25, -0.2) is 9.78 Å². The van der Waals surface area contributed by atoms with Gasteiger partial charge in [-0.15, -0.1) is 0 Å². The van der Waals surface area contributed by atoms with Crippen LogP contribution in [0.2, 0.25) is 5.02 Å². The maximum atomic E-state index is 12.7. The molecule has 7 nitrogen and oxygen atoms in total. The molecule has 0 aliphatic carbocycles. The van der Waals surface area contributed by atoms with Gasteiger partial charge in [-0.3, -0.25) is 4.79 Å². The molecule has 1 N–H and O–H groups in total. The molecule has 1 fully saturated rings. The van der Waals surface area contributed by atoms with Gasteiger partial charge in [0.15, 0.2) is 6.61 Å². The predicted molar refractivity (Wildman–Crippen MR) is 142 cm³/mol. The molecule has 4 aromatic rings. The number of aromatic amines is 1. The molecule has 0 atom stereocenters. The Morgan fingerprint density at radius 3 is 2.47 bits per heavy atom. The Labute approximate surface area is 214 Å². The second-order valence-electron chi connectivity index (χ2n) is 9.06. The maximum Gasteiger partial charge on any atom is 0.338 e. The van der Waals surface area contributed by atoms with Gasteiger partial charge in [0.25, 0.3) is 5.91 Å². The van der Waals surface area contributed by atoms with Gasteiger partial charge < -0.3 is 19.5 Å². The number of H-pyrrole nitrogens is 1. The third kappa shape index (κ3) is 5.06. The lowest BCUT2D eigenvalue weighted by Gasteiger charge is -2.36. The number of rotatable bonds is 5. The van der Waals surface area contributed by atoms with Crippen molar-refractivity contribution in [3.8, 4) is 11.4 Å². The fourth-order valence-corrected chi connectivity index (χ4v) is 4.57. The van der Waals surface area contributed by atoms with Crippen molar-refractivity contribution < 1.29 is 14.3 Å². The Bertz CT molecular complexity index is 1420. The molecule has 0 unspecified atom stereocenters. The monoisotopic (exact) mass is 502 g/mol. The van der Waals surface area contributed by atoms with Crippen LogP contribution < -0.4 is 4.90 Å². The number of halogens is 1. The van der Waals surface area contributed by atoms with E-state index in [1.165, 1.54) is 5.56 Å². The first-order valence-corrected chi connectivity index (χ1v) is 12.3. The van der Waals surface area contributed by atoms with Gasteiger partial charge in [0.2, 0.25) is 0 Å². The number of hydrogen-bond acceptors (Lipinski definition) is 5. The number of aromatic nitrogens is 2. The van der Waals surface area contributed by atoms with Crippen LogP contribution in [0.5, 0.6) is 0 Å². The quantitative estimate of drug-likeness (QED) is 0.388. The molecule has 0 spiro atoms. The molecular formula is C28H27ClN4O3. The number of esters is 1. The summed E-state index contributed by atoms with van der Waals surface area (Å²) in [6, 6.07) is 19.0. The number of nitrogens with zero attached hydrogens (tertiary/aromatic N) is 3. The smallest absolute Gasteiger partial charge is 0.338 e. The van der Waals surface area contributed by atoms with Gasteiger partial charge in [-0.2, -0.15) is 0 Å². The minimum Gasteiger partial charge on any atom is -0.452 e. The fourth-order valence-electron chi connectivity index (χ4n) is 4.41. The minimum atomic E-state index is -0.537. The van der Waals surface area contributed by atoms with Crippen molar-refractivity contribution in [3.05, 3.63) is 82.4 Å². The highest BCUT2D eigenvalue weighted by molar-refractivity contribution is 6.30. The average molecular weight is 503 g/mol.